The molecule has 0 bridgehead atoms. The van der Waals surface area contributed by atoms with Crippen molar-refractivity contribution in [3.63, 3.8) is 0 Å². The predicted molar refractivity (Wildman–Crippen MR) is 137 cm³/mol. The smallest absolute Gasteiger partial charge is 0.272 e. The van der Waals surface area contributed by atoms with Crippen molar-refractivity contribution in [3.05, 3.63) is 77.3 Å². The number of nitrogens with zero attached hydrogens (tertiary/aromatic N) is 1. The fraction of sp³-hybridized carbons (Fsp3) is 0.296. The second-order valence-corrected chi connectivity index (χ2v) is 9.29. The van der Waals surface area contributed by atoms with Gasteiger partial charge in [0.2, 0.25) is 0 Å². The number of aromatic nitrogens is 1. The monoisotopic (exact) mass is 475 g/mol. The van der Waals surface area contributed by atoms with Crippen LogP contribution in [0.3, 0.4) is 0 Å². The van der Waals surface area contributed by atoms with Crippen LogP contribution in [0.15, 0.2) is 66.0 Å². The molecule has 1 aliphatic heterocycles. The number of carbonyl (C=O) groups excluding carboxylic acids is 1. The molecule has 1 aliphatic rings. The minimum atomic E-state index is -0.114. The molecule has 7 heteroatoms. The first-order chi connectivity index (χ1) is 16.7. The third kappa shape index (κ3) is 4.95. The lowest BCUT2D eigenvalue weighted by Crippen LogP contribution is -2.34. The molecule has 0 atom stereocenters. The summed E-state index contributed by atoms with van der Waals surface area (Å²) in [5.41, 5.74) is 2.34. The number of ether oxygens (including phenoxy) is 2. The molecule has 1 amide bonds. The zero-order valence-electron chi connectivity index (χ0n) is 19.3. The minimum absolute atomic E-state index is 0.114. The van der Waals surface area contributed by atoms with Gasteiger partial charge < -0.3 is 24.7 Å². The highest BCUT2D eigenvalue weighted by atomic mass is 32.1. The number of nitrogens with one attached hydrogen (secondary N) is 2. The van der Waals surface area contributed by atoms with E-state index in [0.29, 0.717) is 12.3 Å². The van der Waals surface area contributed by atoms with Crippen LogP contribution in [0, 0.1) is 0 Å². The summed E-state index contributed by atoms with van der Waals surface area (Å²) in [6, 6.07) is 19.5. The lowest BCUT2D eigenvalue weighted by Gasteiger charge is -2.23. The van der Waals surface area contributed by atoms with Crippen LogP contribution < -0.4 is 20.1 Å². The summed E-state index contributed by atoms with van der Waals surface area (Å²) < 4.78 is 14.2. The third-order valence-electron chi connectivity index (χ3n) is 6.12. The van der Waals surface area contributed by atoms with Gasteiger partial charge in [0.1, 0.15) is 34.7 Å². The van der Waals surface area contributed by atoms with Crippen molar-refractivity contribution in [2.45, 2.75) is 39.0 Å². The number of carbonyl (C=O) groups is 1. The van der Waals surface area contributed by atoms with E-state index in [4.69, 9.17) is 9.47 Å². The maximum absolute atomic E-state index is 13.1. The van der Waals surface area contributed by atoms with E-state index in [0.717, 1.165) is 65.4 Å². The van der Waals surface area contributed by atoms with Gasteiger partial charge in [-0.15, -0.1) is 11.3 Å². The third-order valence-corrected chi connectivity index (χ3v) is 7.08. The number of rotatable bonds is 8. The summed E-state index contributed by atoms with van der Waals surface area (Å²) in [5, 5.41) is 9.58. The second-order valence-electron chi connectivity index (χ2n) is 8.39. The maximum Gasteiger partial charge on any atom is 0.272 e. The Kier molecular flexibility index (Phi) is 6.83. The average Bonchev–Trinajstić information content (AvgIpc) is 3.46. The Morgan fingerprint density at radius 1 is 1.09 bits per heavy atom. The van der Waals surface area contributed by atoms with Gasteiger partial charge in [-0.2, -0.15) is 0 Å². The van der Waals surface area contributed by atoms with E-state index < -0.39 is 0 Å². The average molecular weight is 476 g/mol. The largest absolute Gasteiger partial charge is 0.490 e. The Morgan fingerprint density at radius 2 is 1.85 bits per heavy atom. The molecular weight excluding hydrogens is 446 g/mol. The number of amides is 1. The summed E-state index contributed by atoms with van der Waals surface area (Å²) in [5.74, 6) is 1.52. The molecule has 0 aliphatic carbocycles. The van der Waals surface area contributed by atoms with Gasteiger partial charge in [-0.25, -0.2) is 0 Å². The second kappa shape index (κ2) is 10.3. The van der Waals surface area contributed by atoms with E-state index in [2.05, 4.69) is 27.5 Å². The molecule has 2 aromatic heterocycles. The molecule has 2 aromatic carbocycles. The van der Waals surface area contributed by atoms with Crippen LogP contribution in [0.1, 0.15) is 35.8 Å². The van der Waals surface area contributed by atoms with E-state index in [9.17, 15) is 4.79 Å². The molecule has 2 N–H and O–H groups in total. The van der Waals surface area contributed by atoms with Crippen LogP contribution in [0.25, 0.3) is 10.2 Å². The number of hydrogen-bond acceptors (Lipinski definition) is 5. The molecule has 0 spiro atoms. The van der Waals surface area contributed by atoms with Gasteiger partial charge in [0.25, 0.3) is 5.91 Å². The van der Waals surface area contributed by atoms with Crippen molar-refractivity contribution >= 4 is 33.1 Å². The Bertz CT molecular complexity index is 1260. The van der Waals surface area contributed by atoms with Gasteiger partial charge in [0.15, 0.2) is 0 Å². The molecule has 3 heterocycles. The molecule has 0 saturated carbocycles. The number of anilines is 1. The molecule has 4 aromatic rings. The fourth-order valence-electron chi connectivity index (χ4n) is 4.31. The first-order valence-electron chi connectivity index (χ1n) is 11.8. The van der Waals surface area contributed by atoms with Crippen LogP contribution in [0.2, 0.25) is 0 Å². The Balaban J connectivity index is 1.23. The van der Waals surface area contributed by atoms with Crippen molar-refractivity contribution in [1.29, 1.82) is 0 Å². The quantitative estimate of drug-likeness (QED) is 0.344. The van der Waals surface area contributed by atoms with Crippen molar-refractivity contribution in [2.75, 3.05) is 18.4 Å². The molecule has 0 radical (unpaired) electrons. The predicted octanol–water partition coefficient (Wildman–Crippen LogP) is 5.68. The molecule has 1 saturated heterocycles. The number of piperidine rings is 1. The van der Waals surface area contributed by atoms with Crippen LogP contribution in [0.4, 0.5) is 5.69 Å². The number of benzene rings is 2. The summed E-state index contributed by atoms with van der Waals surface area (Å²) in [6.07, 6.45) is 2.33. The molecule has 5 rings (SSSR count). The van der Waals surface area contributed by atoms with Crippen molar-refractivity contribution in [1.82, 2.24) is 9.88 Å². The summed E-state index contributed by atoms with van der Waals surface area (Å²) in [7, 11) is 0. The summed E-state index contributed by atoms with van der Waals surface area (Å²) in [6.45, 7) is 5.17. The van der Waals surface area contributed by atoms with E-state index in [1.54, 1.807) is 11.3 Å². The van der Waals surface area contributed by atoms with Crippen molar-refractivity contribution in [2.24, 2.45) is 0 Å². The van der Waals surface area contributed by atoms with Crippen molar-refractivity contribution < 1.29 is 14.3 Å². The minimum Gasteiger partial charge on any atom is -0.490 e. The van der Waals surface area contributed by atoms with E-state index in [1.165, 1.54) is 0 Å². The molecule has 6 nitrogen and oxygen atoms in total. The van der Waals surface area contributed by atoms with Gasteiger partial charge in [-0.05, 0) is 80.7 Å². The SMILES string of the molecule is CCn1c(C(=O)Nc2ccccc2COc2ccc(OC3CCNCC3)cc2)cc2ccsc21. The van der Waals surface area contributed by atoms with E-state index in [1.807, 2.05) is 60.7 Å². The Labute approximate surface area is 203 Å². The number of hydrogen-bond donors (Lipinski definition) is 2. The highest BCUT2D eigenvalue weighted by molar-refractivity contribution is 7.16. The topological polar surface area (TPSA) is 64.5 Å². The molecule has 1 fully saturated rings. The highest BCUT2D eigenvalue weighted by Gasteiger charge is 2.17. The standard InChI is InChI=1S/C27H29N3O3S/c1-2-30-25(17-19-13-16-34-27(19)30)26(31)29-24-6-4-3-5-20(24)18-32-21-7-9-22(10-8-21)33-23-11-14-28-15-12-23/h3-10,13,16-17,23,28H,2,11-12,14-15,18H2,1H3,(H,29,31). The van der Waals surface area contributed by atoms with E-state index >= 15 is 0 Å². The van der Waals surface area contributed by atoms with Crippen LogP contribution >= 0.6 is 11.3 Å². The summed E-state index contributed by atoms with van der Waals surface area (Å²) >= 11 is 1.65. The first kappa shape index (κ1) is 22.5. The number of aryl methyl sites for hydroxylation is 1. The van der Waals surface area contributed by atoms with Crippen LogP contribution in [-0.2, 0) is 13.2 Å². The molecule has 0 unspecified atom stereocenters. The Hall–Kier alpha value is -3.29. The fourth-order valence-corrected chi connectivity index (χ4v) is 5.27. The van der Waals surface area contributed by atoms with Gasteiger partial charge >= 0.3 is 0 Å². The Morgan fingerprint density at radius 3 is 2.65 bits per heavy atom. The lowest BCUT2D eigenvalue weighted by molar-refractivity contribution is 0.101. The van der Waals surface area contributed by atoms with Crippen molar-refractivity contribution in [3.8, 4) is 11.5 Å². The zero-order chi connectivity index (χ0) is 23.3. The summed E-state index contributed by atoms with van der Waals surface area (Å²) in [4.78, 5) is 14.2. The number of thiophene rings is 1. The number of fused-ring (bicyclic) bond motifs is 1. The maximum atomic E-state index is 13.1. The normalized spacial score (nSPS) is 14.3. The van der Waals surface area contributed by atoms with Gasteiger partial charge in [0, 0.05) is 23.2 Å². The van der Waals surface area contributed by atoms with Gasteiger partial charge in [-0.1, -0.05) is 18.2 Å². The molecule has 176 valence electrons. The van der Waals surface area contributed by atoms with Gasteiger partial charge in [-0.3, -0.25) is 4.79 Å². The van der Waals surface area contributed by atoms with Crippen LogP contribution in [-0.4, -0.2) is 29.7 Å². The molecule has 34 heavy (non-hydrogen) atoms. The lowest BCUT2D eigenvalue weighted by atomic mass is 10.1. The number of para-hydroxylation sites is 1. The highest BCUT2D eigenvalue weighted by Crippen LogP contribution is 2.27. The van der Waals surface area contributed by atoms with E-state index in [-0.39, 0.29) is 12.0 Å². The van der Waals surface area contributed by atoms with Gasteiger partial charge in [0.05, 0.1) is 0 Å². The zero-order valence-corrected chi connectivity index (χ0v) is 20.1. The van der Waals surface area contributed by atoms with Crippen LogP contribution in [0.5, 0.6) is 11.5 Å². The molecular formula is C27H29N3O3S. The first-order valence-corrected chi connectivity index (χ1v) is 12.7.